The Bertz CT molecular complexity index is 586. The fourth-order valence-corrected chi connectivity index (χ4v) is 4.22. The largest absolute Gasteiger partial charge is 0.0654 e. The SMILES string of the molecule is CCCCCCCCCCCCc1ccccc1.CCCCCCCCc1ccccc1. The summed E-state index contributed by atoms with van der Waals surface area (Å²) in [5.74, 6) is 0. The lowest BCUT2D eigenvalue weighted by atomic mass is 10.0. The van der Waals surface area contributed by atoms with E-state index in [1.807, 2.05) is 0 Å². The van der Waals surface area contributed by atoms with Crippen LogP contribution in [0.15, 0.2) is 60.7 Å². The molecule has 2 rings (SSSR count). The van der Waals surface area contributed by atoms with Gasteiger partial charge in [0, 0.05) is 0 Å². The van der Waals surface area contributed by atoms with E-state index in [2.05, 4.69) is 74.5 Å². The van der Waals surface area contributed by atoms with Gasteiger partial charge in [-0.05, 0) is 36.8 Å². The highest BCUT2D eigenvalue weighted by molar-refractivity contribution is 5.15. The van der Waals surface area contributed by atoms with E-state index in [1.165, 1.54) is 127 Å². The number of benzene rings is 2. The lowest BCUT2D eigenvalue weighted by Gasteiger charge is -2.03. The number of unbranched alkanes of at least 4 members (excludes halogenated alkanes) is 14. The molecule has 0 aromatic heterocycles. The van der Waals surface area contributed by atoms with Gasteiger partial charge in [0.2, 0.25) is 0 Å². The van der Waals surface area contributed by atoms with Crippen molar-refractivity contribution in [1.29, 1.82) is 0 Å². The van der Waals surface area contributed by atoms with Gasteiger partial charge in [-0.3, -0.25) is 0 Å². The van der Waals surface area contributed by atoms with Crippen molar-refractivity contribution in [2.45, 2.75) is 129 Å². The first-order valence-corrected chi connectivity index (χ1v) is 13.9. The van der Waals surface area contributed by atoms with Crippen LogP contribution in [0.25, 0.3) is 0 Å². The predicted octanol–water partition coefficient (Wildman–Crippen LogP) is 10.7. The van der Waals surface area contributed by atoms with E-state index >= 15 is 0 Å². The Balaban J connectivity index is 0.000000330. The van der Waals surface area contributed by atoms with E-state index in [-0.39, 0.29) is 0 Å². The summed E-state index contributed by atoms with van der Waals surface area (Å²) in [7, 11) is 0. The molecule has 0 radical (unpaired) electrons. The van der Waals surface area contributed by atoms with Crippen molar-refractivity contribution in [2.75, 3.05) is 0 Å². The van der Waals surface area contributed by atoms with E-state index in [1.54, 1.807) is 0 Å². The first kappa shape index (κ1) is 28.5. The van der Waals surface area contributed by atoms with Crippen LogP contribution >= 0.6 is 0 Å². The molecule has 32 heavy (non-hydrogen) atoms. The van der Waals surface area contributed by atoms with Gasteiger partial charge in [0.1, 0.15) is 0 Å². The second-order valence-corrected chi connectivity index (χ2v) is 9.42. The second-order valence-electron chi connectivity index (χ2n) is 9.42. The van der Waals surface area contributed by atoms with Crippen LogP contribution in [0.5, 0.6) is 0 Å². The topological polar surface area (TPSA) is 0 Å². The quantitative estimate of drug-likeness (QED) is 0.204. The van der Waals surface area contributed by atoms with E-state index in [4.69, 9.17) is 0 Å². The second kappa shape index (κ2) is 22.6. The highest BCUT2D eigenvalue weighted by atomic mass is 14.0. The summed E-state index contributed by atoms with van der Waals surface area (Å²) in [6.45, 7) is 4.55. The standard InChI is InChI=1S/C18H30.C14H22/c1-2-3-4-5-6-7-8-9-10-12-15-18-16-13-11-14-17-18;1-2-3-4-5-6-8-11-14-12-9-7-10-13-14/h11,13-14,16-17H,2-10,12,15H2,1H3;7,9-10,12-13H,2-6,8,11H2,1H3. The van der Waals surface area contributed by atoms with Gasteiger partial charge in [-0.2, -0.15) is 0 Å². The Morgan fingerprint density at radius 2 is 0.625 bits per heavy atom. The fourth-order valence-electron chi connectivity index (χ4n) is 4.22. The molecule has 0 spiro atoms. The van der Waals surface area contributed by atoms with Gasteiger partial charge in [0.05, 0.1) is 0 Å². The molecule has 0 heterocycles. The van der Waals surface area contributed by atoms with Gasteiger partial charge in [0.15, 0.2) is 0 Å². The summed E-state index contributed by atoms with van der Waals surface area (Å²) >= 11 is 0. The minimum atomic E-state index is 1.26. The number of hydrogen-bond donors (Lipinski definition) is 0. The van der Waals surface area contributed by atoms with Crippen molar-refractivity contribution < 1.29 is 0 Å². The Hall–Kier alpha value is -1.56. The highest BCUT2D eigenvalue weighted by Crippen LogP contribution is 2.12. The normalized spacial score (nSPS) is 10.6. The van der Waals surface area contributed by atoms with Gasteiger partial charge in [-0.1, -0.05) is 164 Å². The monoisotopic (exact) mass is 436 g/mol. The molecule has 0 bridgehead atoms. The third-order valence-corrected chi connectivity index (χ3v) is 6.32. The molecular weight excluding hydrogens is 384 g/mol. The molecule has 0 unspecified atom stereocenters. The molecule has 0 amide bonds. The summed E-state index contributed by atoms with van der Waals surface area (Å²) in [5.41, 5.74) is 2.99. The first-order valence-electron chi connectivity index (χ1n) is 13.9. The van der Waals surface area contributed by atoms with Crippen molar-refractivity contribution in [2.24, 2.45) is 0 Å². The molecule has 0 nitrogen and oxygen atoms in total. The van der Waals surface area contributed by atoms with E-state index in [9.17, 15) is 0 Å². The Morgan fingerprint density at radius 3 is 0.938 bits per heavy atom. The molecule has 0 saturated heterocycles. The zero-order valence-electron chi connectivity index (χ0n) is 21.5. The Kier molecular flexibility index (Phi) is 20.1. The van der Waals surface area contributed by atoms with Crippen LogP contribution in [-0.4, -0.2) is 0 Å². The van der Waals surface area contributed by atoms with Crippen LogP contribution in [0.4, 0.5) is 0 Å². The molecule has 0 aliphatic carbocycles. The van der Waals surface area contributed by atoms with Gasteiger partial charge >= 0.3 is 0 Å². The molecule has 0 atom stereocenters. The molecule has 0 N–H and O–H groups in total. The molecular formula is C32H52. The molecule has 0 saturated carbocycles. The van der Waals surface area contributed by atoms with Crippen molar-refractivity contribution in [3.05, 3.63) is 71.8 Å². The fraction of sp³-hybridized carbons (Fsp3) is 0.625. The molecule has 180 valence electrons. The average Bonchev–Trinajstić information content (AvgIpc) is 2.84. The lowest BCUT2D eigenvalue weighted by Crippen LogP contribution is -1.86. The summed E-state index contributed by atoms with van der Waals surface area (Å²) < 4.78 is 0. The summed E-state index contributed by atoms with van der Waals surface area (Å²) in [6.07, 6.45) is 25.1. The van der Waals surface area contributed by atoms with E-state index < -0.39 is 0 Å². The maximum Gasteiger partial charge on any atom is -0.0279 e. The van der Waals surface area contributed by atoms with Gasteiger partial charge < -0.3 is 0 Å². The minimum absolute atomic E-state index is 1.26. The van der Waals surface area contributed by atoms with Crippen LogP contribution < -0.4 is 0 Å². The zero-order chi connectivity index (χ0) is 23.0. The van der Waals surface area contributed by atoms with Crippen LogP contribution in [-0.2, 0) is 12.8 Å². The Morgan fingerprint density at radius 1 is 0.344 bits per heavy atom. The molecule has 0 fully saturated rings. The molecule has 0 heteroatoms. The smallest absolute Gasteiger partial charge is 0.0279 e. The summed E-state index contributed by atoms with van der Waals surface area (Å²) in [4.78, 5) is 0. The van der Waals surface area contributed by atoms with Crippen molar-refractivity contribution >= 4 is 0 Å². The van der Waals surface area contributed by atoms with Crippen LogP contribution in [0.2, 0.25) is 0 Å². The van der Waals surface area contributed by atoms with Crippen molar-refractivity contribution in [1.82, 2.24) is 0 Å². The molecule has 2 aromatic carbocycles. The minimum Gasteiger partial charge on any atom is -0.0654 e. The molecule has 0 aliphatic heterocycles. The lowest BCUT2D eigenvalue weighted by molar-refractivity contribution is 0.556. The number of hydrogen-bond acceptors (Lipinski definition) is 0. The molecule has 0 aliphatic rings. The highest BCUT2D eigenvalue weighted by Gasteiger charge is 1.94. The van der Waals surface area contributed by atoms with E-state index in [0.717, 1.165) is 0 Å². The van der Waals surface area contributed by atoms with Gasteiger partial charge in [0.25, 0.3) is 0 Å². The number of aryl methyl sites for hydroxylation is 2. The third-order valence-electron chi connectivity index (χ3n) is 6.32. The van der Waals surface area contributed by atoms with Crippen molar-refractivity contribution in [3.8, 4) is 0 Å². The van der Waals surface area contributed by atoms with Gasteiger partial charge in [-0.15, -0.1) is 0 Å². The van der Waals surface area contributed by atoms with Crippen LogP contribution in [0, 0.1) is 0 Å². The third kappa shape index (κ3) is 18.1. The predicted molar refractivity (Wildman–Crippen MR) is 146 cm³/mol. The van der Waals surface area contributed by atoms with Crippen molar-refractivity contribution in [3.63, 3.8) is 0 Å². The number of rotatable bonds is 18. The van der Waals surface area contributed by atoms with Crippen LogP contribution in [0.3, 0.4) is 0 Å². The maximum absolute atomic E-state index is 2.28. The van der Waals surface area contributed by atoms with Gasteiger partial charge in [-0.25, -0.2) is 0 Å². The maximum atomic E-state index is 2.28. The van der Waals surface area contributed by atoms with Crippen LogP contribution in [0.1, 0.15) is 128 Å². The molecule has 2 aromatic rings. The Labute approximate surface area is 201 Å². The summed E-state index contributed by atoms with van der Waals surface area (Å²) in [6, 6.07) is 21.7. The summed E-state index contributed by atoms with van der Waals surface area (Å²) in [5, 5.41) is 0. The zero-order valence-corrected chi connectivity index (χ0v) is 21.5. The first-order chi connectivity index (χ1) is 15.9. The van der Waals surface area contributed by atoms with E-state index in [0.29, 0.717) is 0 Å². The average molecular weight is 437 g/mol.